The van der Waals surface area contributed by atoms with Crippen molar-refractivity contribution in [3.8, 4) is 51.0 Å². The normalized spacial score (nSPS) is 11.7. The first kappa shape index (κ1) is 30.7. The first-order valence-corrected chi connectivity index (χ1v) is 18.9. The van der Waals surface area contributed by atoms with Crippen LogP contribution in [0.5, 0.6) is 0 Å². The lowest BCUT2D eigenvalue weighted by Crippen LogP contribution is -2.00. The first-order valence-electron chi connectivity index (χ1n) is 18.1. The third kappa shape index (κ3) is 5.01. The van der Waals surface area contributed by atoms with E-state index in [1.807, 2.05) is 29.5 Å². The molecule has 0 aliphatic carbocycles. The van der Waals surface area contributed by atoms with Crippen LogP contribution in [0.15, 0.2) is 182 Å². The van der Waals surface area contributed by atoms with E-state index in [9.17, 15) is 0 Å². The SMILES string of the molecule is c1ccc(-c2nc(-c3ccc(-c4ccc5ccccc5c4)cc3)nc(-c3cccc4c3c3ccccc3n4-c3ccc4sc5ccccc5c4c3)n2)cc1. The Morgan fingerprint density at radius 1 is 0.370 bits per heavy atom. The van der Waals surface area contributed by atoms with Crippen molar-refractivity contribution in [2.24, 2.45) is 0 Å². The first-order chi connectivity index (χ1) is 26.7. The predicted molar refractivity (Wildman–Crippen MR) is 226 cm³/mol. The Morgan fingerprint density at radius 3 is 1.85 bits per heavy atom. The summed E-state index contributed by atoms with van der Waals surface area (Å²) in [7, 11) is 0. The maximum atomic E-state index is 5.22. The Kier molecular flexibility index (Phi) is 7.00. The summed E-state index contributed by atoms with van der Waals surface area (Å²) in [4.78, 5) is 15.5. The highest BCUT2D eigenvalue weighted by atomic mass is 32.1. The van der Waals surface area contributed by atoms with Crippen molar-refractivity contribution in [1.82, 2.24) is 19.5 Å². The van der Waals surface area contributed by atoms with Crippen LogP contribution in [-0.2, 0) is 0 Å². The van der Waals surface area contributed by atoms with Crippen LogP contribution in [-0.4, -0.2) is 19.5 Å². The monoisotopic (exact) mass is 706 g/mol. The average Bonchev–Trinajstić information content (AvgIpc) is 3.79. The second-order valence-electron chi connectivity index (χ2n) is 13.6. The van der Waals surface area contributed by atoms with Gasteiger partial charge in [0.1, 0.15) is 0 Å². The lowest BCUT2D eigenvalue weighted by Gasteiger charge is -2.11. The maximum absolute atomic E-state index is 5.22. The fourth-order valence-electron chi connectivity index (χ4n) is 7.86. The van der Waals surface area contributed by atoms with E-state index in [0.717, 1.165) is 49.7 Å². The Labute approximate surface area is 315 Å². The number of thiophene rings is 1. The number of hydrogen-bond acceptors (Lipinski definition) is 4. The number of benzene rings is 8. The minimum absolute atomic E-state index is 0.638. The molecule has 0 saturated carbocycles. The van der Waals surface area contributed by atoms with Crippen molar-refractivity contribution in [2.75, 3.05) is 0 Å². The van der Waals surface area contributed by atoms with Crippen LogP contribution in [0.3, 0.4) is 0 Å². The van der Waals surface area contributed by atoms with Gasteiger partial charge in [0.2, 0.25) is 0 Å². The van der Waals surface area contributed by atoms with Gasteiger partial charge in [-0.25, -0.2) is 15.0 Å². The summed E-state index contributed by atoms with van der Waals surface area (Å²) >= 11 is 1.84. The predicted octanol–water partition coefficient (Wildman–Crippen LogP) is 13.2. The van der Waals surface area contributed by atoms with E-state index in [4.69, 9.17) is 15.0 Å². The summed E-state index contributed by atoms with van der Waals surface area (Å²) in [6, 6.07) is 64.5. The molecule has 0 aliphatic heterocycles. The van der Waals surface area contributed by atoms with Crippen LogP contribution in [0, 0.1) is 0 Å². The zero-order valence-electron chi connectivity index (χ0n) is 29.0. The van der Waals surface area contributed by atoms with E-state index in [-0.39, 0.29) is 0 Å². The highest BCUT2D eigenvalue weighted by Gasteiger charge is 2.20. The minimum atomic E-state index is 0.638. The van der Waals surface area contributed by atoms with Crippen LogP contribution >= 0.6 is 11.3 Å². The van der Waals surface area contributed by atoms with E-state index in [1.165, 1.54) is 36.5 Å². The molecule has 5 heteroatoms. The molecule has 3 heterocycles. The summed E-state index contributed by atoms with van der Waals surface area (Å²) < 4.78 is 4.97. The van der Waals surface area contributed by atoms with E-state index < -0.39 is 0 Å². The fraction of sp³-hybridized carbons (Fsp3) is 0. The van der Waals surface area contributed by atoms with Crippen LogP contribution in [0.2, 0.25) is 0 Å². The number of hydrogen-bond donors (Lipinski definition) is 0. The quantitative estimate of drug-likeness (QED) is 0.179. The molecule has 3 aromatic heterocycles. The molecule has 0 amide bonds. The summed E-state index contributed by atoms with van der Waals surface area (Å²) in [5, 5.41) is 7.30. The molecule has 11 aromatic rings. The van der Waals surface area contributed by atoms with Crippen LogP contribution in [0.25, 0.3) is 104 Å². The summed E-state index contributed by atoms with van der Waals surface area (Å²) in [5.41, 5.74) is 8.55. The topological polar surface area (TPSA) is 43.6 Å². The minimum Gasteiger partial charge on any atom is -0.309 e. The molecular formula is C49H30N4S. The molecule has 11 rings (SSSR count). The zero-order chi connectivity index (χ0) is 35.6. The number of fused-ring (bicyclic) bond motifs is 7. The lowest BCUT2D eigenvalue weighted by molar-refractivity contribution is 1.08. The van der Waals surface area contributed by atoms with Gasteiger partial charge in [0.15, 0.2) is 17.5 Å². The van der Waals surface area contributed by atoms with Crippen molar-refractivity contribution in [3.05, 3.63) is 182 Å². The third-order valence-corrected chi connectivity index (χ3v) is 11.6. The summed E-state index contributed by atoms with van der Waals surface area (Å²) in [6.07, 6.45) is 0. The highest BCUT2D eigenvalue weighted by Crippen LogP contribution is 2.41. The Morgan fingerprint density at radius 2 is 1.00 bits per heavy atom. The Balaban J connectivity index is 1.09. The van der Waals surface area contributed by atoms with E-state index >= 15 is 0 Å². The molecule has 54 heavy (non-hydrogen) atoms. The fourth-order valence-corrected chi connectivity index (χ4v) is 8.95. The summed E-state index contributed by atoms with van der Waals surface area (Å²) in [6.45, 7) is 0. The molecule has 0 atom stereocenters. The van der Waals surface area contributed by atoms with Gasteiger partial charge in [-0.15, -0.1) is 11.3 Å². The van der Waals surface area contributed by atoms with E-state index in [2.05, 4.69) is 168 Å². The number of para-hydroxylation sites is 1. The molecule has 0 spiro atoms. The molecule has 0 fully saturated rings. The molecule has 8 aromatic carbocycles. The van der Waals surface area contributed by atoms with Crippen LogP contribution in [0.1, 0.15) is 0 Å². The van der Waals surface area contributed by atoms with Gasteiger partial charge in [-0.3, -0.25) is 0 Å². The van der Waals surface area contributed by atoms with Crippen molar-refractivity contribution in [2.45, 2.75) is 0 Å². The highest BCUT2D eigenvalue weighted by molar-refractivity contribution is 7.25. The average molecular weight is 707 g/mol. The molecule has 4 nitrogen and oxygen atoms in total. The van der Waals surface area contributed by atoms with Crippen molar-refractivity contribution >= 4 is 64.1 Å². The summed E-state index contributed by atoms with van der Waals surface area (Å²) in [5.74, 6) is 1.93. The second kappa shape index (κ2) is 12.3. The zero-order valence-corrected chi connectivity index (χ0v) is 29.8. The van der Waals surface area contributed by atoms with Crippen molar-refractivity contribution in [1.29, 1.82) is 0 Å². The van der Waals surface area contributed by atoms with Gasteiger partial charge in [0, 0.05) is 53.3 Å². The van der Waals surface area contributed by atoms with Gasteiger partial charge in [0.25, 0.3) is 0 Å². The second-order valence-corrected chi connectivity index (χ2v) is 14.7. The van der Waals surface area contributed by atoms with Gasteiger partial charge in [0.05, 0.1) is 11.0 Å². The van der Waals surface area contributed by atoms with Gasteiger partial charge in [-0.05, 0) is 64.4 Å². The number of nitrogens with zero attached hydrogens (tertiary/aromatic N) is 4. The molecule has 0 N–H and O–H groups in total. The van der Waals surface area contributed by atoms with Gasteiger partial charge in [-0.2, -0.15) is 0 Å². The number of rotatable bonds is 5. The van der Waals surface area contributed by atoms with Gasteiger partial charge >= 0.3 is 0 Å². The van der Waals surface area contributed by atoms with Crippen molar-refractivity contribution in [3.63, 3.8) is 0 Å². The van der Waals surface area contributed by atoms with Gasteiger partial charge in [-0.1, -0.05) is 140 Å². The van der Waals surface area contributed by atoms with Crippen molar-refractivity contribution < 1.29 is 0 Å². The molecule has 0 bridgehead atoms. The lowest BCUT2D eigenvalue weighted by atomic mass is 10.00. The standard InChI is InChI=1S/C49H30N4S/c1-2-12-33(13-3-1)47-50-48(34-24-21-32(22-25-34)36-26-23-31-11-4-5-14-35(31)29-36)52-49(51-47)40-17-10-19-43-46(40)39-16-6-8-18-42(39)53(43)37-27-28-45-41(30-37)38-15-7-9-20-44(38)54-45/h1-30H. The molecule has 252 valence electrons. The van der Waals surface area contributed by atoms with E-state index in [1.54, 1.807) is 0 Å². The van der Waals surface area contributed by atoms with Crippen LogP contribution in [0.4, 0.5) is 0 Å². The number of aromatic nitrogens is 4. The smallest absolute Gasteiger partial charge is 0.164 e. The van der Waals surface area contributed by atoms with Gasteiger partial charge < -0.3 is 4.57 Å². The maximum Gasteiger partial charge on any atom is 0.164 e. The Hall–Kier alpha value is -6.95. The Bertz CT molecular complexity index is 3210. The molecule has 0 aliphatic rings. The molecular weight excluding hydrogens is 677 g/mol. The molecule has 0 radical (unpaired) electrons. The molecule has 0 saturated heterocycles. The third-order valence-electron chi connectivity index (χ3n) is 10.5. The van der Waals surface area contributed by atoms with Crippen LogP contribution < -0.4 is 0 Å². The van der Waals surface area contributed by atoms with E-state index in [0.29, 0.717) is 17.5 Å². The largest absolute Gasteiger partial charge is 0.309 e. The molecule has 0 unspecified atom stereocenters.